The third kappa shape index (κ3) is 2.61. The molecule has 0 spiro atoms. The number of aryl methyl sites for hydroxylation is 1. The lowest BCUT2D eigenvalue weighted by atomic mass is 9.95. The Balaban J connectivity index is 1.85. The highest BCUT2D eigenvalue weighted by Gasteiger charge is 2.51. The van der Waals surface area contributed by atoms with E-state index >= 15 is 0 Å². The van der Waals surface area contributed by atoms with Crippen molar-refractivity contribution < 1.29 is 9.90 Å². The normalized spacial score (nSPS) is 15.5. The van der Waals surface area contributed by atoms with Gasteiger partial charge in [-0.15, -0.1) is 0 Å². The van der Waals surface area contributed by atoms with E-state index < -0.39 is 5.41 Å². The number of aromatic hydroxyl groups is 1. The van der Waals surface area contributed by atoms with E-state index in [2.05, 4.69) is 5.32 Å². The lowest BCUT2D eigenvalue weighted by molar-refractivity contribution is -0.118. The highest BCUT2D eigenvalue weighted by molar-refractivity contribution is 6.30. The van der Waals surface area contributed by atoms with Crippen molar-refractivity contribution >= 4 is 23.2 Å². The first-order valence-electron chi connectivity index (χ1n) is 6.88. The summed E-state index contributed by atoms with van der Waals surface area (Å²) in [5, 5.41) is 13.0. The minimum Gasteiger partial charge on any atom is -0.508 e. The maximum Gasteiger partial charge on any atom is 0.235 e. The lowest BCUT2D eigenvalue weighted by Crippen LogP contribution is -2.28. The third-order valence-corrected chi connectivity index (χ3v) is 4.26. The molecule has 3 rings (SSSR count). The molecule has 0 radical (unpaired) electrons. The Bertz CT molecular complexity index is 708. The summed E-state index contributed by atoms with van der Waals surface area (Å²) in [5.41, 5.74) is 2.06. The molecule has 0 saturated heterocycles. The number of carbonyl (C=O) groups excluding carboxylic acids is 1. The van der Waals surface area contributed by atoms with Crippen LogP contribution in [0.25, 0.3) is 0 Å². The summed E-state index contributed by atoms with van der Waals surface area (Å²) >= 11 is 6.03. The second-order valence-electron chi connectivity index (χ2n) is 5.55. The Hall–Kier alpha value is -2.00. The minimum absolute atomic E-state index is 0.0152. The number of phenolic OH excluding ortho intramolecular Hbond substituents is 1. The van der Waals surface area contributed by atoms with Gasteiger partial charge >= 0.3 is 0 Å². The fraction of sp³-hybridized carbons (Fsp3) is 0.235. The molecular weight excluding hydrogens is 286 g/mol. The predicted molar refractivity (Wildman–Crippen MR) is 83.8 cm³/mol. The average molecular weight is 302 g/mol. The zero-order valence-corrected chi connectivity index (χ0v) is 12.4. The van der Waals surface area contributed by atoms with Crippen LogP contribution in [0.15, 0.2) is 42.5 Å². The van der Waals surface area contributed by atoms with Crippen LogP contribution in [0.1, 0.15) is 24.0 Å². The van der Waals surface area contributed by atoms with E-state index in [9.17, 15) is 9.90 Å². The first kappa shape index (κ1) is 14.0. The van der Waals surface area contributed by atoms with Crippen LogP contribution < -0.4 is 5.32 Å². The zero-order chi connectivity index (χ0) is 15.0. The molecule has 0 aliphatic heterocycles. The Kier molecular flexibility index (Phi) is 3.38. The van der Waals surface area contributed by atoms with E-state index in [1.54, 1.807) is 18.2 Å². The van der Waals surface area contributed by atoms with Gasteiger partial charge in [0.05, 0.1) is 5.41 Å². The van der Waals surface area contributed by atoms with Crippen molar-refractivity contribution in [3.63, 3.8) is 0 Å². The van der Waals surface area contributed by atoms with Gasteiger partial charge in [0.1, 0.15) is 5.75 Å². The van der Waals surface area contributed by atoms with E-state index in [0.717, 1.165) is 29.7 Å². The second kappa shape index (κ2) is 5.08. The standard InChI is InChI=1S/C17H16ClNO2/c1-11-9-14(20)5-6-15(11)19-16(21)17(7-8-17)12-3-2-4-13(18)10-12/h2-6,9-10,20H,7-8H2,1H3,(H,19,21). The molecule has 2 aromatic rings. The molecule has 1 aliphatic carbocycles. The van der Waals surface area contributed by atoms with Gasteiger partial charge in [0, 0.05) is 10.7 Å². The van der Waals surface area contributed by atoms with E-state index in [0.29, 0.717) is 5.02 Å². The summed E-state index contributed by atoms with van der Waals surface area (Å²) in [4.78, 5) is 12.6. The summed E-state index contributed by atoms with van der Waals surface area (Å²) in [6.45, 7) is 1.86. The topological polar surface area (TPSA) is 49.3 Å². The molecule has 0 atom stereocenters. The number of halogens is 1. The van der Waals surface area contributed by atoms with Crippen molar-refractivity contribution in [2.45, 2.75) is 25.2 Å². The summed E-state index contributed by atoms with van der Waals surface area (Å²) in [6, 6.07) is 12.4. The molecule has 0 heterocycles. The molecule has 1 amide bonds. The van der Waals surface area contributed by atoms with E-state index in [4.69, 9.17) is 11.6 Å². The molecule has 1 aliphatic rings. The Labute approximate surface area is 128 Å². The van der Waals surface area contributed by atoms with Crippen molar-refractivity contribution in [1.82, 2.24) is 0 Å². The minimum atomic E-state index is -0.463. The van der Waals surface area contributed by atoms with Gasteiger partial charge in [-0.2, -0.15) is 0 Å². The summed E-state index contributed by atoms with van der Waals surface area (Å²) in [5.74, 6) is 0.181. The van der Waals surface area contributed by atoms with Crippen molar-refractivity contribution in [3.8, 4) is 5.75 Å². The van der Waals surface area contributed by atoms with Crippen LogP contribution in [-0.4, -0.2) is 11.0 Å². The van der Waals surface area contributed by atoms with E-state index in [1.165, 1.54) is 0 Å². The number of rotatable bonds is 3. The molecule has 4 heteroatoms. The first-order chi connectivity index (χ1) is 10.0. The van der Waals surface area contributed by atoms with Crippen molar-refractivity contribution in [2.24, 2.45) is 0 Å². The first-order valence-corrected chi connectivity index (χ1v) is 7.26. The molecule has 1 fully saturated rings. The number of nitrogens with one attached hydrogen (secondary N) is 1. The molecule has 0 unspecified atom stereocenters. The van der Waals surface area contributed by atoms with Crippen LogP contribution in [0.3, 0.4) is 0 Å². The van der Waals surface area contributed by atoms with E-state index in [1.807, 2.05) is 31.2 Å². The van der Waals surface area contributed by atoms with Gasteiger partial charge in [0.15, 0.2) is 0 Å². The number of phenols is 1. The number of hydrogen-bond donors (Lipinski definition) is 2. The van der Waals surface area contributed by atoms with Crippen LogP contribution in [0.2, 0.25) is 5.02 Å². The predicted octanol–water partition coefficient (Wildman–Crippen LogP) is 4.02. The second-order valence-corrected chi connectivity index (χ2v) is 5.98. The zero-order valence-electron chi connectivity index (χ0n) is 11.7. The third-order valence-electron chi connectivity index (χ3n) is 4.02. The molecule has 21 heavy (non-hydrogen) atoms. The number of amides is 1. The van der Waals surface area contributed by atoms with Gasteiger partial charge in [0.25, 0.3) is 0 Å². The maximum absolute atomic E-state index is 12.6. The largest absolute Gasteiger partial charge is 0.508 e. The quantitative estimate of drug-likeness (QED) is 0.841. The Morgan fingerprint density at radius 1 is 1.24 bits per heavy atom. The summed E-state index contributed by atoms with van der Waals surface area (Å²) in [6.07, 6.45) is 1.66. The average Bonchev–Trinajstić information content (AvgIpc) is 3.23. The molecule has 3 nitrogen and oxygen atoms in total. The molecule has 2 aromatic carbocycles. The Morgan fingerprint density at radius 2 is 2.00 bits per heavy atom. The highest BCUT2D eigenvalue weighted by atomic mass is 35.5. The van der Waals surface area contributed by atoms with Crippen LogP contribution in [0.4, 0.5) is 5.69 Å². The Morgan fingerprint density at radius 3 is 2.62 bits per heavy atom. The molecule has 0 aromatic heterocycles. The van der Waals surface area contributed by atoms with Crippen LogP contribution in [-0.2, 0) is 10.2 Å². The fourth-order valence-corrected chi connectivity index (χ4v) is 2.78. The lowest BCUT2D eigenvalue weighted by Gasteiger charge is -2.17. The molecule has 1 saturated carbocycles. The number of benzene rings is 2. The van der Waals surface area contributed by atoms with Gasteiger partial charge in [-0.05, 0) is 61.2 Å². The summed E-state index contributed by atoms with van der Waals surface area (Å²) < 4.78 is 0. The fourth-order valence-electron chi connectivity index (χ4n) is 2.59. The monoisotopic (exact) mass is 301 g/mol. The number of carbonyl (C=O) groups is 1. The smallest absolute Gasteiger partial charge is 0.235 e. The number of hydrogen-bond acceptors (Lipinski definition) is 2. The molecule has 108 valence electrons. The van der Waals surface area contributed by atoms with Crippen molar-refractivity contribution in [2.75, 3.05) is 5.32 Å². The maximum atomic E-state index is 12.6. The molecular formula is C17H16ClNO2. The van der Waals surface area contributed by atoms with E-state index in [-0.39, 0.29) is 11.7 Å². The van der Waals surface area contributed by atoms with Gasteiger partial charge in [-0.1, -0.05) is 23.7 Å². The highest BCUT2D eigenvalue weighted by Crippen LogP contribution is 2.49. The molecule has 0 bridgehead atoms. The van der Waals surface area contributed by atoms with Gasteiger partial charge in [0.2, 0.25) is 5.91 Å². The summed E-state index contributed by atoms with van der Waals surface area (Å²) in [7, 11) is 0. The van der Waals surface area contributed by atoms with Crippen LogP contribution >= 0.6 is 11.6 Å². The van der Waals surface area contributed by atoms with Crippen molar-refractivity contribution in [3.05, 3.63) is 58.6 Å². The van der Waals surface area contributed by atoms with Gasteiger partial charge < -0.3 is 10.4 Å². The van der Waals surface area contributed by atoms with Crippen LogP contribution in [0, 0.1) is 6.92 Å². The SMILES string of the molecule is Cc1cc(O)ccc1NC(=O)C1(c2cccc(Cl)c2)CC1. The van der Waals surface area contributed by atoms with Crippen LogP contribution in [0.5, 0.6) is 5.75 Å². The molecule has 2 N–H and O–H groups in total. The van der Waals surface area contributed by atoms with Crippen molar-refractivity contribution in [1.29, 1.82) is 0 Å². The van der Waals surface area contributed by atoms with Gasteiger partial charge in [-0.3, -0.25) is 4.79 Å². The number of anilines is 1. The van der Waals surface area contributed by atoms with Gasteiger partial charge in [-0.25, -0.2) is 0 Å².